The number of H-pyrrole nitrogens is 1. The van der Waals surface area contributed by atoms with E-state index in [2.05, 4.69) is 10.2 Å². The number of aromatic nitrogens is 2. The number of fused-ring (bicyclic) bond motifs is 1. The van der Waals surface area contributed by atoms with Gasteiger partial charge >= 0.3 is 24.1 Å². The molecule has 0 saturated carbocycles. The highest BCUT2D eigenvalue weighted by Gasteiger charge is 2.53. The lowest BCUT2D eigenvalue weighted by atomic mass is 9.81. The van der Waals surface area contributed by atoms with Crippen molar-refractivity contribution in [1.29, 1.82) is 0 Å². The van der Waals surface area contributed by atoms with E-state index in [1.807, 2.05) is 0 Å². The third kappa shape index (κ3) is 4.53. The molecule has 1 aromatic heterocycles. The molecule has 3 rings (SSSR count). The minimum absolute atomic E-state index is 0.351. The molecule has 32 heavy (non-hydrogen) atoms. The van der Waals surface area contributed by atoms with Gasteiger partial charge in [-0.05, 0) is 18.9 Å². The van der Waals surface area contributed by atoms with Gasteiger partial charge in [0, 0.05) is 18.5 Å². The average Bonchev–Trinajstić information content (AvgIpc) is 3.11. The van der Waals surface area contributed by atoms with Gasteiger partial charge in [-0.1, -0.05) is 18.6 Å². The summed E-state index contributed by atoms with van der Waals surface area (Å²) in [6, 6.07) is 2.83. The first kappa shape index (κ1) is 23.5. The van der Waals surface area contributed by atoms with Gasteiger partial charge in [0.1, 0.15) is 5.92 Å². The smallest absolute Gasteiger partial charge is 0.418 e. The predicted molar refractivity (Wildman–Crippen MR) is 100 cm³/mol. The van der Waals surface area contributed by atoms with Gasteiger partial charge in [0.15, 0.2) is 5.60 Å². The Hall–Kier alpha value is -3.19. The number of rotatable bonds is 7. The number of aliphatic hydroxyl groups is 1. The number of para-hydroxylation sites is 1. The first-order valence-corrected chi connectivity index (χ1v) is 9.63. The van der Waals surface area contributed by atoms with Crippen LogP contribution in [0.15, 0.2) is 18.2 Å². The van der Waals surface area contributed by atoms with Crippen LogP contribution >= 0.6 is 0 Å². The van der Waals surface area contributed by atoms with Crippen molar-refractivity contribution >= 4 is 28.8 Å². The first-order chi connectivity index (χ1) is 14.9. The minimum Gasteiger partial charge on any atom is -0.481 e. The standard InChI is InChI=1S/C19H20F3N3O7/c20-19(21,22)11-6-4-5-10-14(11)23-24-15(10)13(16(27)28)18(31,17(29)30)9-12(26)32-25-7-2-1-3-8-25/h4-6,13,31H,1-3,7-9H2,(H,23,24)(H,27,28)(H,29,30). The van der Waals surface area contributed by atoms with Crippen LogP contribution in [-0.2, 0) is 25.4 Å². The Labute approximate surface area is 178 Å². The largest absolute Gasteiger partial charge is 0.481 e. The van der Waals surface area contributed by atoms with Crippen LogP contribution in [0.3, 0.4) is 0 Å². The van der Waals surface area contributed by atoms with Crippen LogP contribution in [-0.4, -0.2) is 67.2 Å². The number of alkyl halides is 3. The van der Waals surface area contributed by atoms with Gasteiger partial charge < -0.3 is 20.2 Å². The van der Waals surface area contributed by atoms with Gasteiger partial charge in [0.2, 0.25) is 0 Å². The summed E-state index contributed by atoms with van der Waals surface area (Å²) >= 11 is 0. The van der Waals surface area contributed by atoms with Crippen LogP contribution in [0, 0.1) is 0 Å². The quantitative estimate of drug-likeness (QED) is 0.486. The Morgan fingerprint density at radius 1 is 1.16 bits per heavy atom. The molecular weight excluding hydrogens is 439 g/mol. The Morgan fingerprint density at radius 2 is 1.81 bits per heavy atom. The van der Waals surface area contributed by atoms with Crippen LogP contribution in [0.4, 0.5) is 13.2 Å². The zero-order valence-corrected chi connectivity index (χ0v) is 16.6. The van der Waals surface area contributed by atoms with Crippen LogP contribution in [0.25, 0.3) is 10.9 Å². The van der Waals surface area contributed by atoms with Gasteiger partial charge in [-0.25, -0.2) is 4.79 Å². The number of hydrogen-bond acceptors (Lipinski definition) is 7. The number of aromatic amines is 1. The number of piperidine rings is 1. The van der Waals surface area contributed by atoms with Crippen molar-refractivity contribution < 1.29 is 47.7 Å². The second-order valence-corrected chi connectivity index (χ2v) is 7.47. The van der Waals surface area contributed by atoms with E-state index < -0.39 is 58.8 Å². The molecule has 1 aromatic carbocycles. The number of carbonyl (C=O) groups is 3. The van der Waals surface area contributed by atoms with E-state index in [-0.39, 0.29) is 5.39 Å². The third-order valence-corrected chi connectivity index (χ3v) is 5.26. The van der Waals surface area contributed by atoms with Crippen LogP contribution in [0.2, 0.25) is 0 Å². The maximum atomic E-state index is 13.3. The van der Waals surface area contributed by atoms with Crippen molar-refractivity contribution in [2.75, 3.05) is 13.1 Å². The summed E-state index contributed by atoms with van der Waals surface area (Å²) in [6.45, 7) is 0.785. The van der Waals surface area contributed by atoms with Crippen LogP contribution in [0.1, 0.15) is 42.9 Å². The Balaban J connectivity index is 2.00. The normalized spacial score (nSPS) is 18.1. The summed E-state index contributed by atoms with van der Waals surface area (Å²) in [5.41, 5.74) is -5.63. The summed E-state index contributed by atoms with van der Waals surface area (Å²) in [5.74, 6) is -7.53. The lowest BCUT2D eigenvalue weighted by Crippen LogP contribution is -2.50. The molecule has 2 heterocycles. The number of halogens is 3. The summed E-state index contributed by atoms with van der Waals surface area (Å²) in [7, 11) is 0. The van der Waals surface area contributed by atoms with E-state index in [1.54, 1.807) is 0 Å². The molecule has 0 aliphatic carbocycles. The summed E-state index contributed by atoms with van der Waals surface area (Å²) < 4.78 is 39.8. The fourth-order valence-electron chi connectivity index (χ4n) is 3.72. The lowest BCUT2D eigenvalue weighted by Gasteiger charge is -2.30. The molecule has 1 fully saturated rings. The Kier molecular flexibility index (Phi) is 6.41. The highest BCUT2D eigenvalue weighted by atomic mass is 19.4. The van der Waals surface area contributed by atoms with Gasteiger partial charge in [-0.2, -0.15) is 18.3 Å². The summed E-state index contributed by atoms with van der Waals surface area (Å²) in [4.78, 5) is 41.2. The van der Waals surface area contributed by atoms with Crippen molar-refractivity contribution in [1.82, 2.24) is 15.3 Å². The van der Waals surface area contributed by atoms with Gasteiger partial charge in [-0.15, -0.1) is 5.06 Å². The molecule has 4 N–H and O–H groups in total. The van der Waals surface area contributed by atoms with Crippen molar-refractivity contribution in [3.05, 3.63) is 29.5 Å². The molecule has 1 aliphatic heterocycles. The van der Waals surface area contributed by atoms with Crippen molar-refractivity contribution in [3.63, 3.8) is 0 Å². The number of nitrogens with zero attached hydrogens (tertiary/aromatic N) is 2. The molecule has 2 aromatic rings. The molecule has 10 nitrogen and oxygen atoms in total. The highest BCUT2D eigenvalue weighted by molar-refractivity contribution is 5.96. The number of hydrogen-bond donors (Lipinski definition) is 4. The Bertz CT molecular complexity index is 1030. The van der Waals surface area contributed by atoms with E-state index in [0.29, 0.717) is 13.1 Å². The molecule has 0 amide bonds. The monoisotopic (exact) mass is 459 g/mol. The molecule has 1 saturated heterocycles. The number of carboxylic acids is 2. The van der Waals surface area contributed by atoms with Gasteiger partial charge in [0.05, 0.1) is 23.2 Å². The molecule has 0 spiro atoms. The molecule has 0 radical (unpaired) electrons. The number of carboxylic acid groups (broad SMARTS) is 2. The van der Waals surface area contributed by atoms with Crippen molar-refractivity contribution in [2.45, 2.75) is 43.4 Å². The van der Waals surface area contributed by atoms with E-state index >= 15 is 0 Å². The molecule has 0 bridgehead atoms. The predicted octanol–water partition coefficient (Wildman–Crippen LogP) is 1.90. The van der Waals surface area contributed by atoms with E-state index in [4.69, 9.17) is 4.84 Å². The topological polar surface area (TPSA) is 153 Å². The summed E-state index contributed by atoms with van der Waals surface area (Å²) in [5, 5.41) is 36.7. The maximum Gasteiger partial charge on any atom is 0.418 e. The van der Waals surface area contributed by atoms with E-state index in [1.165, 1.54) is 5.06 Å². The number of nitrogens with one attached hydrogen (secondary N) is 1. The molecule has 2 unspecified atom stereocenters. The Morgan fingerprint density at radius 3 is 2.38 bits per heavy atom. The van der Waals surface area contributed by atoms with Crippen molar-refractivity contribution in [2.24, 2.45) is 0 Å². The molecule has 2 atom stereocenters. The summed E-state index contributed by atoms with van der Waals surface area (Å²) in [6.07, 6.45) is -3.68. The lowest BCUT2D eigenvalue weighted by molar-refractivity contribution is -0.203. The SMILES string of the molecule is O=C(CC(O)(C(=O)O)C(C(=O)O)c1n[nH]c2c(C(F)(F)F)cccc12)ON1CCCCC1. The fraction of sp³-hybridized carbons (Fsp3) is 0.474. The minimum atomic E-state index is -4.80. The highest BCUT2D eigenvalue weighted by Crippen LogP contribution is 2.39. The fourth-order valence-corrected chi connectivity index (χ4v) is 3.72. The zero-order valence-electron chi connectivity index (χ0n) is 16.6. The maximum absolute atomic E-state index is 13.3. The number of hydroxylamine groups is 2. The zero-order chi connectivity index (χ0) is 23.7. The second kappa shape index (κ2) is 8.74. The van der Waals surface area contributed by atoms with Crippen molar-refractivity contribution in [3.8, 4) is 0 Å². The second-order valence-electron chi connectivity index (χ2n) is 7.47. The van der Waals surface area contributed by atoms with E-state index in [9.17, 15) is 42.9 Å². The molecule has 1 aliphatic rings. The van der Waals surface area contributed by atoms with E-state index in [0.717, 1.165) is 37.5 Å². The number of aliphatic carboxylic acids is 2. The molecule has 174 valence electrons. The third-order valence-electron chi connectivity index (χ3n) is 5.26. The molecule has 13 heteroatoms. The van der Waals surface area contributed by atoms with Gasteiger partial charge in [0.25, 0.3) is 0 Å². The van der Waals surface area contributed by atoms with Crippen LogP contribution in [0.5, 0.6) is 0 Å². The number of benzene rings is 1. The average molecular weight is 459 g/mol. The van der Waals surface area contributed by atoms with Gasteiger partial charge in [-0.3, -0.25) is 14.7 Å². The molecular formula is C19H20F3N3O7. The number of carbonyl (C=O) groups excluding carboxylic acids is 1. The van der Waals surface area contributed by atoms with Crippen LogP contribution < -0.4 is 0 Å². The first-order valence-electron chi connectivity index (χ1n) is 9.63.